The van der Waals surface area contributed by atoms with Crippen LogP contribution in [0, 0.1) is 15.3 Å². The highest BCUT2D eigenvalue weighted by molar-refractivity contribution is 5.84. The molecule has 3 rings (SSSR count). The van der Waals surface area contributed by atoms with E-state index >= 15 is 0 Å². The third kappa shape index (κ3) is 2.72. The molecule has 3 aromatic rings. The maximum absolute atomic E-state index is 11.9. The topological polar surface area (TPSA) is 109 Å². The Labute approximate surface area is 135 Å². The number of hydrogen-bond donors (Lipinski definition) is 1. The first-order valence-electron chi connectivity index (χ1n) is 6.85. The summed E-state index contributed by atoms with van der Waals surface area (Å²) in [5, 5.41) is 32.8. The van der Waals surface area contributed by atoms with Gasteiger partial charge in [-0.3, -0.25) is 10.1 Å². The Morgan fingerprint density at radius 2 is 1.75 bits per heavy atom. The van der Waals surface area contributed by atoms with E-state index in [9.17, 15) is 20.4 Å². The Hall–Kier alpha value is -3.55. The smallest absolute Gasteiger partial charge is 0.381 e. The van der Waals surface area contributed by atoms with Crippen molar-refractivity contribution in [2.45, 2.75) is 0 Å². The number of hydrogen-bond acceptors (Lipinski definition) is 6. The molecule has 0 bridgehead atoms. The van der Waals surface area contributed by atoms with Gasteiger partial charge in [0.1, 0.15) is 11.5 Å². The largest absolute Gasteiger partial charge is 0.616 e. The summed E-state index contributed by atoms with van der Waals surface area (Å²) >= 11 is 0. The third-order valence-electron chi connectivity index (χ3n) is 3.43. The highest BCUT2D eigenvalue weighted by Gasteiger charge is 2.17. The minimum Gasteiger partial charge on any atom is -0.616 e. The maximum Gasteiger partial charge on any atom is 0.381 e. The fraction of sp³-hybridized carbons (Fsp3) is 0.0625. The molecule has 8 heteroatoms. The fourth-order valence-electron chi connectivity index (χ4n) is 2.24. The van der Waals surface area contributed by atoms with Crippen LogP contribution in [0.4, 0.5) is 5.69 Å². The summed E-state index contributed by atoms with van der Waals surface area (Å²) in [5.41, 5.74) is 0.134. The SMILES string of the molecule is COc1ccc2c(c1)c(Oc1ccc([N+](=O)[O-])cc1)cc(O)[n+]2[O-]. The number of nitro benzene ring substituents is 1. The number of aromatic hydroxyl groups is 1. The number of nitrogens with zero attached hydrogens (tertiary/aromatic N) is 2. The van der Waals surface area contributed by atoms with Gasteiger partial charge in [0, 0.05) is 18.2 Å². The van der Waals surface area contributed by atoms with E-state index in [1.54, 1.807) is 12.1 Å². The number of rotatable bonds is 4. The van der Waals surface area contributed by atoms with Gasteiger partial charge in [0.05, 0.1) is 23.5 Å². The van der Waals surface area contributed by atoms with Gasteiger partial charge >= 0.3 is 5.88 Å². The molecule has 0 saturated carbocycles. The Kier molecular flexibility index (Phi) is 3.78. The van der Waals surface area contributed by atoms with E-state index in [2.05, 4.69) is 0 Å². The van der Waals surface area contributed by atoms with Crippen molar-refractivity contribution < 1.29 is 24.2 Å². The monoisotopic (exact) mass is 328 g/mol. The van der Waals surface area contributed by atoms with Gasteiger partial charge in [0.2, 0.25) is 5.52 Å². The average Bonchev–Trinajstić information content (AvgIpc) is 2.59. The van der Waals surface area contributed by atoms with Crippen LogP contribution in [-0.4, -0.2) is 17.1 Å². The first kappa shape index (κ1) is 15.3. The van der Waals surface area contributed by atoms with Gasteiger partial charge in [-0.15, -0.1) is 4.73 Å². The predicted molar refractivity (Wildman–Crippen MR) is 84.3 cm³/mol. The van der Waals surface area contributed by atoms with Gasteiger partial charge in [-0.2, -0.15) is 0 Å². The molecule has 0 atom stereocenters. The number of non-ortho nitro benzene ring substituents is 1. The zero-order valence-corrected chi connectivity index (χ0v) is 12.5. The van der Waals surface area contributed by atoms with Gasteiger partial charge in [-0.25, -0.2) is 0 Å². The lowest BCUT2D eigenvalue weighted by Crippen LogP contribution is -2.27. The first-order valence-corrected chi connectivity index (χ1v) is 6.85. The van der Waals surface area contributed by atoms with Crippen molar-refractivity contribution in [3.8, 4) is 23.1 Å². The Morgan fingerprint density at radius 1 is 1.08 bits per heavy atom. The quantitative estimate of drug-likeness (QED) is 0.341. The van der Waals surface area contributed by atoms with Crippen molar-refractivity contribution in [2.24, 2.45) is 0 Å². The molecule has 2 aromatic carbocycles. The van der Waals surface area contributed by atoms with Crippen LogP contribution in [-0.2, 0) is 0 Å². The molecule has 0 amide bonds. The Morgan fingerprint density at radius 3 is 2.38 bits per heavy atom. The van der Waals surface area contributed by atoms with E-state index in [1.165, 1.54) is 43.5 Å². The molecule has 0 radical (unpaired) electrons. The molecule has 122 valence electrons. The molecule has 1 heterocycles. The second kappa shape index (κ2) is 5.92. The second-order valence-electron chi connectivity index (χ2n) is 4.90. The van der Waals surface area contributed by atoms with Gasteiger partial charge < -0.3 is 19.8 Å². The summed E-state index contributed by atoms with van der Waals surface area (Å²) in [6.45, 7) is 0. The molecule has 0 aliphatic heterocycles. The number of fused-ring (bicyclic) bond motifs is 1. The minimum absolute atomic E-state index is 0.0674. The van der Waals surface area contributed by atoms with Crippen LogP contribution in [0.15, 0.2) is 48.5 Å². The lowest BCUT2D eigenvalue weighted by Gasteiger charge is -2.11. The van der Waals surface area contributed by atoms with Crippen LogP contribution >= 0.6 is 0 Å². The van der Waals surface area contributed by atoms with E-state index in [4.69, 9.17) is 9.47 Å². The zero-order chi connectivity index (χ0) is 17.3. The van der Waals surface area contributed by atoms with Crippen LogP contribution in [0.5, 0.6) is 23.1 Å². The normalized spacial score (nSPS) is 10.5. The summed E-state index contributed by atoms with van der Waals surface area (Å²) in [4.78, 5) is 10.2. The van der Waals surface area contributed by atoms with Crippen molar-refractivity contribution in [1.29, 1.82) is 0 Å². The van der Waals surface area contributed by atoms with Crippen LogP contribution in [0.2, 0.25) is 0 Å². The van der Waals surface area contributed by atoms with Crippen molar-refractivity contribution in [3.63, 3.8) is 0 Å². The van der Waals surface area contributed by atoms with Crippen molar-refractivity contribution in [2.75, 3.05) is 7.11 Å². The Balaban J connectivity index is 2.07. The van der Waals surface area contributed by atoms with Crippen LogP contribution in [0.25, 0.3) is 10.9 Å². The van der Waals surface area contributed by atoms with E-state index in [1.807, 2.05) is 0 Å². The summed E-state index contributed by atoms with van der Waals surface area (Å²) in [7, 11) is 1.49. The number of methoxy groups -OCH3 is 1. The van der Waals surface area contributed by atoms with E-state index < -0.39 is 10.8 Å². The van der Waals surface area contributed by atoms with Crippen LogP contribution in [0.1, 0.15) is 0 Å². The number of nitro groups is 1. The molecule has 0 aliphatic rings. The number of benzene rings is 2. The molecule has 0 unspecified atom stereocenters. The van der Waals surface area contributed by atoms with Gasteiger partial charge in [-0.1, -0.05) is 0 Å². The molecule has 24 heavy (non-hydrogen) atoms. The highest BCUT2D eigenvalue weighted by atomic mass is 16.6. The second-order valence-corrected chi connectivity index (χ2v) is 4.90. The fourth-order valence-corrected chi connectivity index (χ4v) is 2.24. The molecule has 0 saturated heterocycles. The van der Waals surface area contributed by atoms with Gasteiger partial charge in [-0.05, 0) is 24.3 Å². The van der Waals surface area contributed by atoms with Crippen molar-refractivity contribution >= 4 is 16.6 Å². The maximum atomic E-state index is 11.9. The van der Waals surface area contributed by atoms with E-state index in [0.29, 0.717) is 21.6 Å². The third-order valence-corrected chi connectivity index (χ3v) is 3.43. The molecule has 1 N–H and O–H groups in total. The van der Waals surface area contributed by atoms with Crippen LogP contribution in [0.3, 0.4) is 0 Å². The molecule has 0 spiro atoms. The van der Waals surface area contributed by atoms with E-state index in [0.717, 1.165) is 0 Å². The standard InChI is InChI=1S/C16H12N2O6/c1-23-12-6-7-14-13(8-12)15(9-16(19)17(14)20)24-11-4-2-10(3-5-11)18(21)22/h2-9,19H,1H3. The highest BCUT2D eigenvalue weighted by Crippen LogP contribution is 2.33. The van der Waals surface area contributed by atoms with Gasteiger partial charge in [0.15, 0.2) is 5.75 Å². The predicted octanol–water partition coefficient (Wildman–Crippen LogP) is 2.89. The Bertz CT molecular complexity index is 924. The van der Waals surface area contributed by atoms with Crippen molar-refractivity contribution in [3.05, 3.63) is 63.9 Å². The molecular formula is C16H12N2O6. The zero-order valence-electron chi connectivity index (χ0n) is 12.5. The molecular weight excluding hydrogens is 316 g/mol. The summed E-state index contributed by atoms with van der Waals surface area (Å²) in [5.74, 6) is 0.543. The number of ether oxygens (including phenoxy) is 2. The summed E-state index contributed by atoms with van der Waals surface area (Å²) in [6.07, 6.45) is 0. The molecule has 0 fully saturated rings. The van der Waals surface area contributed by atoms with Gasteiger partial charge in [0.25, 0.3) is 5.69 Å². The number of pyridine rings is 1. The van der Waals surface area contributed by atoms with E-state index in [-0.39, 0.29) is 17.0 Å². The number of aromatic nitrogens is 1. The minimum atomic E-state index is -0.524. The summed E-state index contributed by atoms with van der Waals surface area (Å²) < 4.78 is 11.2. The lowest BCUT2D eigenvalue weighted by molar-refractivity contribution is -0.585. The lowest BCUT2D eigenvalue weighted by atomic mass is 10.2. The first-order chi connectivity index (χ1) is 11.5. The molecule has 0 aliphatic carbocycles. The van der Waals surface area contributed by atoms with Crippen molar-refractivity contribution in [1.82, 2.24) is 0 Å². The molecule has 8 nitrogen and oxygen atoms in total. The average molecular weight is 328 g/mol. The molecule has 1 aromatic heterocycles. The summed E-state index contributed by atoms with van der Waals surface area (Å²) in [6, 6.07) is 11.3. The van der Waals surface area contributed by atoms with Crippen LogP contribution < -0.4 is 14.2 Å².